The Bertz CT molecular complexity index is 1100. The third kappa shape index (κ3) is 4.67. The van der Waals surface area contributed by atoms with Crippen LogP contribution in [0.3, 0.4) is 0 Å². The second kappa shape index (κ2) is 9.14. The molecule has 2 aromatic carbocycles. The predicted octanol–water partition coefficient (Wildman–Crippen LogP) is 3.83. The molecule has 1 saturated heterocycles. The molecule has 1 amide bonds. The quantitative estimate of drug-likeness (QED) is 0.504. The van der Waals surface area contributed by atoms with Gasteiger partial charge in [-0.1, -0.05) is 12.1 Å². The maximum Gasteiger partial charge on any atom is 0.271 e. The molecule has 0 bridgehead atoms. The molecule has 31 heavy (non-hydrogen) atoms. The molecule has 7 heteroatoms. The summed E-state index contributed by atoms with van der Waals surface area (Å²) in [6.07, 6.45) is 1.44. The summed E-state index contributed by atoms with van der Waals surface area (Å²) >= 11 is 0. The van der Waals surface area contributed by atoms with Gasteiger partial charge in [-0.25, -0.2) is 9.82 Å². The molecule has 1 aliphatic rings. The van der Waals surface area contributed by atoms with Gasteiger partial charge < -0.3 is 14.2 Å². The number of morpholine rings is 1. The van der Waals surface area contributed by atoms with Gasteiger partial charge in [0.1, 0.15) is 5.82 Å². The van der Waals surface area contributed by atoms with E-state index >= 15 is 0 Å². The topological polar surface area (TPSA) is 58.9 Å². The lowest BCUT2D eigenvalue weighted by Gasteiger charge is -2.29. The lowest BCUT2D eigenvalue weighted by molar-refractivity contribution is 0.0955. The van der Waals surface area contributed by atoms with Crippen LogP contribution in [0.5, 0.6) is 0 Å². The van der Waals surface area contributed by atoms with Crippen molar-refractivity contribution in [2.75, 3.05) is 31.2 Å². The van der Waals surface area contributed by atoms with Crippen molar-refractivity contribution in [3.05, 3.63) is 82.9 Å². The Hall–Kier alpha value is -3.45. The van der Waals surface area contributed by atoms with Crippen molar-refractivity contribution in [1.82, 2.24) is 9.99 Å². The zero-order valence-electron chi connectivity index (χ0n) is 17.6. The van der Waals surface area contributed by atoms with Crippen molar-refractivity contribution in [2.24, 2.45) is 5.10 Å². The van der Waals surface area contributed by atoms with E-state index in [9.17, 15) is 9.18 Å². The molecular formula is C24H25FN4O2. The van der Waals surface area contributed by atoms with Crippen LogP contribution in [0, 0.1) is 19.7 Å². The van der Waals surface area contributed by atoms with Gasteiger partial charge in [0.25, 0.3) is 5.91 Å². The third-order valence-electron chi connectivity index (χ3n) is 5.34. The Balaban J connectivity index is 1.43. The van der Waals surface area contributed by atoms with Crippen LogP contribution in [-0.2, 0) is 4.74 Å². The monoisotopic (exact) mass is 420 g/mol. The molecule has 1 aromatic heterocycles. The minimum atomic E-state index is -0.328. The first kappa shape index (κ1) is 20.8. The molecule has 3 aromatic rings. The van der Waals surface area contributed by atoms with Crippen LogP contribution in [0.25, 0.3) is 5.69 Å². The molecule has 0 atom stereocenters. The van der Waals surface area contributed by atoms with Gasteiger partial charge in [0.15, 0.2) is 0 Å². The standard InChI is InChI=1S/C24H25FN4O2/c1-17-6-7-18(2)29(17)21-5-3-4-20(15-21)24(30)27-26-16-19-8-9-23(22(25)14-19)28-10-12-31-13-11-28/h3-9,14-16H,10-13H2,1-2H3,(H,27,30)/b26-16-. The summed E-state index contributed by atoms with van der Waals surface area (Å²) in [4.78, 5) is 14.5. The summed E-state index contributed by atoms with van der Waals surface area (Å²) in [5, 5.41) is 4.00. The maximum atomic E-state index is 14.5. The Labute approximate surface area is 180 Å². The van der Waals surface area contributed by atoms with Crippen LogP contribution in [0.1, 0.15) is 27.3 Å². The van der Waals surface area contributed by atoms with Gasteiger partial charge in [-0.3, -0.25) is 4.79 Å². The molecule has 0 aliphatic carbocycles. The minimum Gasteiger partial charge on any atom is -0.378 e. The van der Waals surface area contributed by atoms with Gasteiger partial charge in [0, 0.05) is 35.7 Å². The van der Waals surface area contributed by atoms with Gasteiger partial charge in [0.05, 0.1) is 25.1 Å². The summed E-state index contributed by atoms with van der Waals surface area (Å²) in [6.45, 7) is 6.57. The Morgan fingerprint density at radius 2 is 1.81 bits per heavy atom. The first-order chi connectivity index (χ1) is 15.0. The highest BCUT2D eigenvalue weighted by Gasteiger charge is 2.15. The molecule has 0 saturated carbocycles. The lowest BCUT2D eigenvalue weighted by atomic mass is 10.2. The summed E-state index contributed by atoms with van der Waals surface area (Å²) in [5.41, 5.74) is 7.24. The number of carbonyl (C=O) groups excluding carboxylic acids is 1. The maximum absolute atomic E-state index is 14.5. The van der Waals surface area contributed by atoms with E-state index in [4.69, 9.17) is 4.74 Å². The highest BCUT2D eigenvalue weighted by molar-refractivity contribution is 5.95. The van der Waals surface area contributed by atoms with E-state index < -0.39 is 0 Å². The van der Waals surface area contributed by atoms with Crippen LogP contribution >= 0.6 is 0 Å². The molecule has 2 heterocycles. The molecular weight excluding hydrogens is 395 g/mol. The van der Waals surface area contributed by atoms with Crippen molar-refractivity contribution in [3.63, 3.8) is 0 Å². The number of anilines is 1. The molecule has 4 rings (SSSR count). The number of nitrogens with one attached hydrogen (secondary N) is 1. The zero-order chi connectivity index (χ0) is 21.8. The molecule has 160 valence electrons. The van der Waals surface area contributed by atoms with Gasteiger partial charge in [-0.15, -0.1) is 0 Å². The molecule has 1 N–H and O–H groups in total. The fraction of sp³-hybridized carbons (Fsp3) is 0.250. The summed E-state index contributed by atoms with van der Waals surface area (Å²) < 4.78 is 21.9. The first-order valence-corrected chi connectivity index (χ1v) is 10.2. The number of rotatable bonds is 5. The van der Waals surface area contributed by atoms with E-state index in [0.717, 1.165) is 17.1 Å². The van der Waals surface area contributed by atoms with Gasteiger partial charge in [0.2, 0.25) is 0 Å². The third-order valence-corrected chi connectivity index (χ3v) is 5.34. The number of ether oxygens (including phenoxy) is 1. The van der Waals surface area contributed by atoms with Gasteiger partial charge >= 0.3 is 0 Å². The Kier molecular flexibility index (Phi) is 6.13. The molecule has 0 radical (unpaired) electrons. The second-order valence-electron chi connectivity index (χ2n) is 7.51. The van der Waals surface area contributed by atoms with Crippen LogP contribution in [0.4, 0.5) is 10.1 Å². The number of aryl methyl sites for hydroxylation is 2. The number of hydrazone groups is 1. The molecule has 1 fully saturated rings. The Morgan fingerprint density at radius 1 is 1.06 bits per heavy atom. The molecule has 6 nitrogen and oxygen atoms in total. The zero-order valence-corrected chi connectivity index (χ0v) is 17.6. The highest BCUT2D eigenvalue weighted by Crippen LogP contribution is 2.21. The number of nitrogens with zero attached hydrogens (tertiary/aromatic N) is 3. The van der Waals surface area contributed by atoms with Crippen molar-refractivity contribution in [3.8, 4) is 5.69 Å². The number of halogens is 1. The molecule has 1 aliphatic heterocycles. The predicted molar refractivity (Wildman–Crippen MR) is 120 cm³/mol. The van der Waals surface area contributed by atoms with E-state index in [1.165, 1.54) is 12.3 Å². The number of hydrogen-bond acceptors (Lipinski definition) is 4. The summed E-state index contributed by atoms with van der Waals surface area (Å²) in [6, 6.07) is 16.4. The highest BCUT2D eigenvalue weighted by atomic mass is 19.1. The normalized spacial score (nSPS) is 14.2. The van der Waals surface area contributed by atoms with E-state index in [-0.39, 0.29) is 11.7 Å². The van der Waals surface area contributed by atoms with Crippen molar-refractivity contribution in [2.45, 2.75) is 13.8 Å². The average Bonchev–Trinajstić information content (AvgIpc) is 3.12. The van der Waals surface area contributed by atoms with Crippen LogP contribution < -0.4 is 10.3 Å². The van der Waals surface area contributed by atoms with Crippen LogP contribution in [-0.4, -0.2) is 43.0 Å². The second-order valence-corrected chi connectivity index (χ2v) is 7.51. The summed E-state index contributed by atoms with van der Waals surface area (Å²) in [7, 11) is 0. The number of aromatic nitrogens is 1. The number of hydrogen-bond donors (Lipinski definition) is 1. The number of amides is 1. The smallest absolute Gasteiger partial charge is 0.271 e. The average molecular weight is 420 g/mol. The van der Waals surface area contributed by atoms with Gasteiger partial charge in [-0.05, 0) is 61.9 Å². The van der Waals surface area contributed by atoms with E-state index in [1.807, 2.05) is 49.1 Å². The van der Waals surface area contributed by atoms with E-state index in [1.54, 1.807) is 18.2 Å². The number of benzene rings is 2. The number of carbonyl (C=O) groups is 1. The van der Waals surface area contributed by atoms with Crippen molar-refractivity contribution >= 4 is 17.8 Å². The Morgan fingerprint density at radius 3 is 2.52 bits per heavy atom. The molecule has 0 spiro atoms. The molecule has 0 unspecified atom stereocenters. The van der Waals surface area contributed by atoms with Crippen molar-refractivity contribution < 1.29 is 13.9 Å². The van der Waals surface area contributed by atoms with E-state index in [0.29, 0.717) is 43.1 Å². The first-order valence-electron chi connectivity index (χ1n) is 10.2. The summed E-state index contributed by atoms with van der Waals surface area (Å²) in [5.74, 6) is -0.645. The lowest BCUT2D eigenvalue weighted by Crippen LogP contribution is -2.36. The van der Waals surface area contributed by atoms with E-state index in [2.05, 4.69) is 15.1 Å². The van der Waals surface area contributed by atoms with Crippen molar-refractivity contribution in [1.29, 1.82) is 0 Å². The van der Waals surface area contributed by atoms with Crippen LogP contribution in [0.15, 0.2) is 59.7 Å². The fourth-order valence-corrected chi connectivity index (χ4v) is 3.76. The minimum absolute atomic E-state index is 0.317. The van der Waals surface area contributed by atoms with Gasteiger partial charge in [-0.2, -0.15) is 5.10 Å². The largest absolute Gasteiger partial charge is 0.378 e. The van der Waals surface area contributed by atoms with Crippen LogP contribution in [0.2, 0.25) is 0 Å². The SMILES string of the molecule is Cc1ccc(C)n1-c1cccc(C(=O)N/N=C\c2ccc(N3CCOCC3)c(F)c2)c1. The fourth-order valence-electron chi connectivity index (χ4n) is 3.76.